The van der Waals surface area contributed by atoms with Crippen molar-refractivity contribution in [1.82, 2.24) is 14.1 Å². The molecule has 1 heterocycles. The molecular formula is C39H61F3N4O4S. The average molecular weight is 739 g/mol. The number of hydrogen-bond acceptors (Lipinski definition) is 6. The predicted molar refractivity (Wildman–Crippen MR) is 199 cm³/mol. The Hall–Kier alpha value is -2.22. The number of ether oxygens (including phenoxy) is 1. The second-order valence-corrected chi connectivity index (χ2v) is 15.6. The molecule has 0 bridgehead atoms. The Kier molecular flexibility index (Phi) is 16.5. The predicted octanol–water partition coefficient (Wildman–Crippen LogP) is 8.61. The van der Waals surface area contributed by atoms with Crippen LogP contribution in [0.1, 0.15) is 108 Å². The quantitative estimate of drug-likeness (QED) is 0.140. The Morgan fingerprint density at radius 3 is 2.00 bits per heavy atom. The summed E-state index contributed by atoms with van der Waals surface area (Å²) in [5.41, 5.74) is 0.459. The zero-order valence-electron chi connectivity index (χ0n) is 30.8. The summed E-state index contributed by atoms with van der Waals surface area (Å²) in [7, 11) is -4.03. The lowest BCUT2D eigenvalue weighted by Gasteiger charge is -2.42. The van der Waals surface area contributed by atoms with Crippen molar-refractivity contribution in [1.29, 1.82) is 0 Å². The highest BCUT2D eigenvalue weighted by molar-refractivity contribution is 7.83. The van der Waals surface area contributed by atoms with Crippen molar-refractivity contribution in [2.45, 2.75) is 121 Å². The van der Waals surface area contributed by atoms with E-state index in [1.807, 2.05) is 30.3 Å². The number of likely N-dealkylation sites (tertiary alicyclic amines) is 1. The van der Waals surface area contributed by atoms with Gasteiger partial charge in [-0.05, 0) is 87.9 Å². The lowest BCUT2D eigenvalue weighted by atomic mass is 9.83. The summed E-state index contributed by atoms with van der Waals surface area (Å²) in [4.78, 5) is 4.70. The molecule has 2 aromatic rings. The van der Waals surface area contributed by atoms with Gasteiger partial charge in [-0.3, -0.25) is 4.55 Å². The minimum atomic E-state index is -4.36. The van der Waals surface area contributed by atoms with Crippen molar-refractivity contribution in [3.63, 3.8) is 0 Å². The fourth-order valence-electron chi connectivity index (χ4n) is 7.99. The van der Waals surface area contributed by atoms with Crippen LogP contribution in [0.4, 0.5) is 18.9 Å². The van der Waals surface area contributed by atoms with Crippen LogP contribution >= 0.6 is 0 Å². The molecule has 2 N–H and O–H groups in total. The summed E-state index contributed by atoms with van der Waals surface area (Å²) in [5, 5.41) is 3.43. The van der Waals surface area contributed by atoms with E-state index in [-0.39, 0.29) is 12.1 Å². The SMILES string of the molecule is CCN(CC)CCCOC1(c2cccc(C(F)(F)F)c2)CCN(CCNc2ccccc2)CC1.O=S(=O)(O)N(C1CCCCC1)C1CCCCC1. The first-order valence-corrected chi connectivity index (χ1v) is 20.7. The summed E-state index contributed by atoms with van der Waals surface area (Å²) in [6, 6.07) is 15.9. The lowest BCUT2D eigenvalue weighted by Crippen LogP contribution is -2.48. The first-order chi connectivity index (χ1) is 24.4. The Bertz CT molecular complexity index is 1360. The molecule has 1 aliphatic heterocycles. The van der Waals surface area contributed by atoms with Gasteiger partial charge in [0.1, 0.15) is 0 Å². The molecule has 2 aromatic carbocycles. The van der Waals surface area contributed by atoms with E-state index in [9.17, 15) is 26.1 Å². The number of benzene rings is 2. The van der Waals surface area contributed by atoms with Crippen LogP contribution in [0.2, 0.25) is 0 Å². The molecule has 0 radical (unpaired) electrons. The molecule has 3 fully saturated rings. The van der Waals surface area contributed by atoms with Gasteiger partial charge >= 0.3 is 16.5 Å². The molecule has 1 saturated heterocycles. The average Bonchev–Trinajstić information content (AvgIpc) is 3.13. The number of nitrogens with one attached hydrogen (secondary N) is 1. The van der Waals surface area contributed by atoms with Gasteiger partial charge in [0, 0.05) is 57.1 Å². The molecule has 288 valence electrons. The minimum absolute atomic E-state index is 0.0434. The highest BCUT2D eigenvalue weighted by atomic mass is 32.2. The molecule has 5 rings (SSSR count). The van der Waals surface area contributed by atoms with E-state index in [0.717, 1.165) is 115 Å². The number of nitrogens with zero attached hydrogens (tertiary/aromatic N) is 3. The van der Waals surface area contributed by atoms with Gasteiger partial charge in [0.05, 0.1) is 11.2 Å². The fraction of sp³-hybridized carbons (Fsp3) is 0.692. The summed E-state index contributed by atoms with van der Waals surface area (Å²) < 4.78 is 80.8. The number of piperidine rings is 1. The van der Waals surface area contributed by atoms with Crippen molar-refractivity contribution >= 4 is 16.0 Å². The van der Waals surface area contributed by atoms with Gasteiger partial charge in [-0.15, -0.1) is 0 Å². The molecule has 0 aromatic heterocycles. The molecule has 3 aliphatic rings. The van der Waals surface area contributed by atoms with Crippen molar-refractivity contribution in [3.05, 3.63) is 65.7 Å². The molecule has 0 atom stereocenters. The van der Waals surface area contributed by atoms with Crippen LogP contribution in [-0.2, 0) is 26.8 Å². The van der Waals surface area contributed by atoms with Crippen LogP contribution in [0, 0.1) is 0 Å². The third-order valence-electron chi connectivity index (χ3n) is 10.9. The Balaban J connectivity index is 0.000000286. The zero-order chi connectivity index (χ0) is 36.7. The molecule has 2 saturated carbocycles. The van der Waals surface area contributed by atoms with Crippen molar-refractivity contribution in [3.8, 4) is 0 Å². The van der Waals surface area contributed by atoms with Crippen molar-refractivity contribution in [2.24, 2.45) is 0 Å². The van der Waals surface area contributed by atoms with E-state index in [1.165, 1.54) is 29.3 Å². The van der Waals surface area contributed by atoms with Crippen LogP contribution < -0.4 is 5.32 Å². The van der Waals surface area contributed by atoms with E-state index in [1.54, 1.807) is 6.07 Å². The number of rotatable bonds is 15. The molecule has 51 heavy (non-hydrogen) atoms. The third kappa shape index (κ3) is 13.0. The van der Waals surface area contributed by atoms with E-state index in [2.05, 4.69) is 29.0 Å². The van der Waals surface area contributed by atoms with Crippen molar-refractivity contribution in [2.75, 3.05) is 57.7 Å². The topological polar surface area (TPSA) is 85.3 Å². The number of anilines is 1. The second-order valence-electron chi connectivity index (χ2n) is 14.3. The molecular weight excluding hydrogens is 678 g/mol. The van der Waals surface area contributed by atoms with Crippen LogP contribution in [0.5, 0.6) is 0 Å². The first-order valence-electron chi connectivity index (χ1n) is 19.3. The van der Waals surface area contributed by atoms with Crippen LogP contribution in [0.15, 0.2) is 54.6 Å². The van der Waals surface area contributed by atoms with Gasteiger partial charge in [0.15, 0.2) is 0 Å². The number of para-hydroxylation sites is 1. The molecule has 0 unspecified atom stereocenters. The van der Waals surface area contributed by atoms with Crippen LogP contribution in [-0.4, -0.2) is 91.6 Å². The molecule has 8 nitrogen and oxygen atoms in total. The maximum absolute atomic E-state index is 13.4. The monoisotopic (exact) mass is 738 g/mol. The maximum atomic E-state index is 13.4. The fourth-order valence-corrected chi connectivity index (χ4v) is 9.16. The van der Waals surface area contributed by atoms with Crippen LogP contribution in [0.3, 0.4) is 0 Å². The van der Waals surface area contributed by atoms with E-state index in [4.69, 9.17) is 4.74 Å². The first kappa shape index (κ1) is 41.5. The van der Waals surface area contributed by atoms with Gasteiger partial charge in [0.25, 0.3) is 0 Å². The van der Waals surface area contributed by atoms with Crippen molar-refractivity contribution < 1.29 is 30.9 Å². The summed E-state index contributed by atoms with van der Waals surface area (Å²) in [6.45, 7) is 11.0. The summed E-state index contributed by atoms with van der Waals surface area (Å²) >= 11 is 0. The third-order valence-corrected chi connectivity index (χ3v) is 12.1. The number of hydrogen-bond donors (Lipinski definition) is 2. The zero-order valence-corrected chi connectivity index (χ0v) is 31.6. The lowest BCUT2D eigenvalue weighted by molar-refractivity contribution is -0.138. The Morgan fingerprint density at radius 2 is 1.47 bits per heavy atom. The Labute approximate surface area is 305 Å². The van der Waals surface area contributed by atoms with Crippen LogP contribution in [0.25, 0.3) is 0 Å². The molecule has 0 amide bonds. The van der Waals surface area contributed by atoms with Gasteiger partial charge in [-0.25, -0.2) is 0 Å². The Morgan fingerprint density at radius 1 is 0.882 bits per heavy atom. The van der Waals surface area contributed by atoms with Gasteiger partial charge < -0.3 is 19.9 Å². The van der Waals surface area contributed by atoms with Gasteiger partial charge in [0.2, 0.25) is 0 Å². The maximum Gasteiger partial charge on any atom is 0.416 e. The largest absolute Gasteiger partial charge is 0.416 e. The smallest absolute Gasteiger partial charge is 0.384 e. The van der Waals surface area contributed by atoms with E-state index in [0.29, 0.717) is 25.0 Å². The van der Waals surface area contributed by atoms with Gasteiger partial charge in [-0.1, -0.05) is 82.7 Å². The number of alkyl halides is 3. The minimum Gasteiger partial charge on any atom is -0.384 e. The molecule has 12 heteroatoms. The van der Waals surface area contributed by atoms with E-state index >= 15 is 0 Å². The summed E-state index contributed by atoms with van der Waals surface area (Å²) in [6.07, 6.45) is 8.27. The normalized spacial score (nSPS) is 19.5. The van der Waals surface area contributed by atoms with E-state index < -0.39 is 27.6 Å². The number of halogens is 3. The second kappa shape index (κ2) is 20.3. The standard InChI is InChI=1S/C27H38F3N3O.C12H23NO3S/c1-3-32(4-2)17-9-21-34-26(23-10-8-11-24(22-23)27(28,29)30)14-18-33(19-15-26)20-16-31-25-12-6-5-7-13-25;14-17(15,16)13(11-7-3-1-4-8-11)12-9-5-2-6-10-12/h5-8,10-13,22,31H,3-4,9,14-21H2,1-2H3;11-12H,1-10H2,(H,14,15,16). The molecule has 2 aliphatic carbocycles. The summed E-state index contributed by atoms with van der Waals surface area (Å²) in [5.74, 6) is 0. The highest BCUT2D eigenvalue weighted by Crippen LogP contribution is 2.40. The molecule has 0 spiro atoms. The van der Waals surface area contributed by atoms with Gasteiger partial charge in [-0.2, -0.15) is 25.9 Å². The highest BCUT2D eigenvalue weighted by Gasteiger charge is 2.40.